The zero-order valence-corrected chi connectivity index (χ0v) is 9.22. The lowest BCUT2D eigenvalue weighted by Crippen LogP contribution is -2.45. The van der Waals surface area contributed by atoms with Gasteiger partial charge < -0.3 is 9.90 Å². The fourth-order valence-electron chi connectivity index (χ4n) is 1.03. The molecule has 0 amide bonds. The van der Waals surface area contributed by atoms with Crippen molar-refractivity contribution in [2.75, 3.05) is 0 Å². The SMILES string of the molecule is C=C(Br)CC(C#N)(C(=O)[O-])C(C)C. The number of carboxylic acid groups (broad SMARTS) is 1. The summed E-state index contributed by atoms with van der Waals surface area (Å²) in [7, 11) is 0. The molecule has 0 fully saturated rings. The van der Waals surface area contributed by atoms with Gasteiger partial charge in [0, 0.05) is 6.42 Å². The standard InChI is InChI=1S/C9H12BrNO2/c1-6(2)9(5-11,8(12)13)4-7(3)10/h6H,3-4H2,1-2H3,(H,12,13)/p-1. The first-order valence-electron chi connectivity index (χ1n) is 3.82. The molecule has 0 bridgehead atoms. The molecule has 3 nitrogen and oxygen atoms in total. The van der Waals surface area contributed by atoms with E-state index < -0.39 is 11.4 Å². The highest BCUT2D eigenvalue weighted by atomic mass is 79.9. The molecule has 72 valence electrons. The molecule has 1 unspecified atom stereocenters. The third kappa shape index (κ3) is 2.56. The molecular weight excluding hydrogens is 234 g/mol. The number of carbonyl (C=O) groups is 1. The maximum Gasteiger partial charge on any atom is 0.103 e. The highest BCUT2D eigenvalue weighted by Crippen LogP contribution is 2.34. The summed E-state index contributed by atoms with van der Waals surface area (Å²) in [4.78, 5) is 10.8. The maximum atomic E-state index is 10.8. The van der Waals surface area contributed by atoms with Crippen molar-refractivity contribution in [1.82, 2.24) is 0 Å². The molecule has 0 heterocycles. The first-order valence-corrected chi connectivity index (χ1v) is 4.62. The number of rotatable bonds is 4. The smallest absolute Gasteiger partial charge is 0.103 e. The van der Waals surface area contributed by atoms with Crippen molar-refractivity contribution in [2.45, 2.75) is 20.3 Å². The lowest BCUT2D eigenvalue weighted by molar-refractivity contribution is -0.317. The van der Waals surface area contributed by atoms with E-state index in [1.807, 2.05) is 0 Å². The number of nitriles is 1. The minimum atomic E-state index is -1.47. The van der Waals surface area contributed by atoms with E-state index in [0.717, 1.165) is 0 Å². The fraction of sp³-hybridized carbons (Fsp3) is 0.556. The molecule has 0 aliphatic heterocycles. The molecule has 0 rings (SSSR count). The van der Waals surface area contributed by atoms with Gasteiger partial charge in [-0.1, -0.05) is 36.4 Å². The Morgan fingerprint density at radius 2 is 2.23 bits per heavy atom. The third-order valence-electron chi connectivity index (χ3n) is 2.02. The van der Waals surface area contributed by atoms with Gasteiger partial charge in [0.1, 0.15) is 5.41 Å². The van der Waals surface area contributed by atoms with E-state index in [9.17, 15) is 9.90 Å². The van der Waals surface area contributed by atoms with E-state index in [1.165, 1.54) is 0 Å². The number of carbonyl (C=O) groups excluding carboxylic acids is 1. The Kier molecular flexibility index (Phi) is 4.15. The topological polar surface area (TPSA) is 63.9 Å². The summed E-state index contributed by atoms with van der Waals surface area (Å²) in [6, 6.07) is 1.79. The van der Waals surface area contributed by atoms with Crippen LogP contribution in [-0.2, 0) is 4.79 Å². The molecule has 1 atom stereocenters. The lowest BCUT2D eigenvalue weighted by Gasteiger charge is -2.31. The average molecular weight is 245 g/mol. The van der Waals surface area contributed by atoms with Gasteiger partial charge in [0.25, 0.3) is 0 Å². The maximum absolute atomic E-state index is 10.8. The molecule has 4 heteroatoms. The summed E-state index contributed by atoms with van der Waals surface area (Å²) in [5.41, 5.74) is -1.47. The number of carboxylic acids is 1. The molecule has 13 heavy (non-hydrogen) atoms. The Balaban J connectivity index is 5.02. The third-order valence-corrected chi connectivity index (χ3v) is 2.30. The van der Waals surface area contributed by atoms with Crippen LogP contribution in [0.15, 0.2) is 11.1 Å². The normalized spacial score (nSPS) is 14.7. The van der Waals surface area contributed by atoms with Gasteiger partial charge in [-0.3, -0.25) is 0 Å². The number of allylic oxidation sites excluding steroid dienone is 1. The predicted molar refractivity (Wildman–Crippen MR) is 50.6 cm³/mol. The minimum Gasteiger partial charge on any atom is -0.548 e. The van der Waals surface area contributed by atoms with E-state index >= 15 is 0 Å². The van der Waals surface area contributed by atoms with E-state index in [-0.39, 0.29) is 12.3 Å². The quantitative estimate of drug-likeness (QED) is 0.747. The summed E-state index contributed by atoms with van der Waals surface area (Å²) in [6.07, 6.45) is 0.0729. The van der Waals surface area contributed by atoms with Gasteiger partial charge in [-0.2, -0.15) is 5.26 Å². The van der Waals surface area contributed by atoms with Gasteiger partial charge in [-0.05, 0) is 10.4 Å². The van der Waals surface area contributed by atoms with E-state index in [1.54, 1.807) is 19.9 Å². The van der Waals surface area contributed by atoms with Crippen molar-refractivity contribution in [3.63, 3.8) is 0 Å². The van der Waals surface area contributed by atoms with Crippen molar-refractivity contribution < 1.29 is 9.90 Å². The number of nitrogens with zero attached hydrogens (tertiary/aromatic N) is 1. The Labute approximate surface area is 86.2 Å². The predicted octanol–water partition coefficient (Wildman–Crippen LogP) is 1.20. The monoisotopic (exact) mass is 244 g/mol. The largest absolute Gasteiger partial charge is 0.548 e. The number of halogens is 1. The average Bonchev–Trinajstić information content (AvgIpc) is 1.98. The van der Waals surface area contributed by atoms with Crippen LogP contribution >= 0.6 is 15.9 Å². The summed E-state index contributed by atoms with van der Waals surface area (Å²) in [5, 5.41) is 19.7. The molecule has 0 aromatic carbocycles. The van der Waals surface area contributed by atoms with Gasteiger partial charge >= 0.3 is 0 Å². The molecule has 0 N–H and O–H groups in total. The van der Waals surface area contributed by atoms with Crippen LogP contribution in [0, 0.1) is 22.7 Å². The summed E-state index contributed by atoms with van der Waals surface area (Å²) < 4.78 is 0.493. The molecule has 0 aromatic heterocycles. The lowest BCUT2D eigenvalue weighted by atomic mass is 9.76. The molecule has 0 aliphatic carbocycles. The van der Waals surface area contributed by atoms with Crippen LogP contribution < -0.4 is 5.11 Å². The van der Waals surface area contributed by atoms with Crippen molar-refractivity contribution in [3.05, 3.63) is 11.1 Å². The number of hydrogen-bond acceptors (Lipinski definition) is 3. The van der Waals surface area contributed by atoms with Crippen LogP contribution in [0.25, 0.3) is 0 Å². The van der Waals surface area contributed by atoms with E-state index in [0.29, 0.717) is 4.48 Å². The number of aliphatic carboxylic acids is 1. The van der Waals surface area contributed by atoms with Crippen molar-refractivity contribution in [2.24, 2.45) is 11.3 Å². The first-order chi connectivity index (χ1) is 5.86. The fourth-order valence-corrected chi connectivity index (χ4v) is 1.47. The number of hydrogen-bond donors (Lipinski definition) is 0. The summed E-state index contributed by atoms with van der Waals surface area (Å²) >= 11 is 3.05. The molecule has 0 saturated heterocycles. The Morgan fingerprint density at radius 3 is 2.31 bits per heavy atom. The molecule has 0 aromatic rings. The molecule has 0 aliphatic rings. The second kappa shape index (κ2) is 4.43. The van der Waals surface area contributed by atoms with Gasteiger partial charge in [0.15, 0.2) is 0 Å². The van der Waals surface area contributed by atoms with Crippen LogP contribution in [0.3, 0.4) is 0 Å². The van der Waals surface area contributed by atoms with E-state index in [4.69, 9.17) is 5.26 Å². The molecule has 0 saturated carbocycles. The summed E-state index contributed by atoms with van der Waals surface area (Å²) in [5.74, 6) is -1.65. The van der Waals surface area contributed by atoms with E-state index in [2.05, 4.69) is 22.5 Å². The van der Waals surface area contributed by atoms with Crippen LogP contribution in [-0.4, -0.2) is 5.97 Å². The minimum absolute atomic E-state index is 0.0729. The molecular formula is C9H11BrNO2-. The molecule has 0 spiro atoms. The second-order valence-corrected chi connectivity index (χ2v) is 4.34. The Morgan fingerprint density at radius 1 is 1.77 bits per heavy atom. The van der Waals surface area contributed by atoms with Crippen molar-refractivity contribution in [3.8, 4) is 6.07 Å². The van der Waals surface area contributed by atoms with Crippen LogP contribution in [0.5, 0.6) is 0 Å². The van der Waals surface area contributed by atoms with Crippen LogP contribution in [0.4, 0.5) is 0 Å². The zero-order valence-electron chi connectivity index (χ0n) is 7.63. The highest BCUT2D eigenvalue weighted by molar-refractivity contribution is 9.11. The second-order valence-electron chi connectivity index (χ2n) is 3.22. The van der Waals surface area contributed by atoms with Gasteiger partial charge in [0.2, 0.25) is 0 Å². The van der Waals surface area contributed by atoms with Gasteiger partial charge in [-0.25, -0.2) is 0 Å². The highest BCUT2D eigenvalue weighted by Gasteiger charge is 2.35. The Bertz CT molecular complexity index is 267. The van der Waals surface area contributed by atoms with Crippen LogP contribution in [0.1, 0.15) is 20.3 Å². The first kappa shape index (κ1) is 12.2. The van der Waals surface area contributed by atoms with Gasteiger partial charge in [0.05, 0.1) is 12.0 Å². The summed E-state index contributed by atoms with van der Waals surface area (Å²) in [6.45, 7) is 6.88. The zero-order chi connectivity index (χ0) is 10.6. The van der Waals surface area contributed by atoms with Crippen LogP contribution in [0.2, 0.25) is 0 Å². The molecule has 0 radical (unpaired) electrons. The van der Waals surface area contributed by atoms with Crippen molar-refractivity contribution >= 4 is 21.9 Å². The van der Waals surface area contributed by atoms with Gasteiger partial charge in [-0.15, -0.1) is 0 Å². The Hall–Kier alpha value is -0.820. The van der Waals surface area contributed by atoms with Crippen molar-refractivity contribution in [1.29, 1.82) is 5.26 Å².